The molecule has 0 bridgehead atoms. The van der Waals surface area contributed by atoms with E-state index >= 15 is 0 Å². The van der Waals surface area contributed by atoms with Crippen molar-refractivity contribution in [1.82, 2.24) is 0 Å². The van der Waals surface area contributed by atoms with E-state index in [1.54, 1.807) is 0 Å². The zero-order valence-electron chi connectivity index (χ0n) is 27.8. The van der Waals surface area contributed by atoms with E-state index in [1.807, 2.05) is 0 Å². The first-order valence-electron chi connectivity index (χ1n) is 17.0. The van der Waals surface area contributed by atoms with Crippen LogP contribution in [0, 0.1) is 5.92 Å². The van der Waals surface area contributed by atoms with Crippen molar-refractivity contribution in [3.63, 3.8) is 0 Å². The molecule has 0 aliphatic rings. The predicted molar refractivity (Wildman–Crippen MR) is 210 cm³/mol. The second-order valence-corrected chi connectivity index (χ2v) is 16.5. The Hall–Kier alpha value is -5.03. The van der Waals surface area contributed by atoms with E-state index in [0.717, 1.165) is 12.6 Å². The van der Waals surface area contributed by atoms with Crippen LogP contribution in [0.4, 0.5) is 0 Å². The minimum Gasteiger partial charge on any atom is -0.0622 e. The summed E-state index contributed by atoms with van der Waals surface area (Å²) >= 11 is 0. The maximum absolute atomic E-state index is 2.63. The normalized spacial score (nSPS) is 11.5. The number of benzene rings is 7. The molecule has 7 aromatic rings. The van der Waals surface area contributed by atoms with Gasteiger partial charge in [-0.15, -0.1) is 0 Å². The van der Waals surface area contributed by atoms with Gasteiger partial charge in [-0.1, -0.05) is 172 Å². The summed E-state index contributed by atoms with van der Waals surface area (Å²) in [6, 6.07) is 69.8. The Morgan fingerprint density at radius 2 is 0.792 bits per heavy atom. The molecule has 7 rings (SSSR count). The standard InChI is InChI=1S/C47H42P/c1-36(2)35-48(42-29-17-7-18-30-42,43-31-19-8-20-32-43)44-34-41(33-37-21-9-3-10-22-37)45(38-23-11-4-12-24-38)47(40-27-15-6-16-28-40)46(44)39-25-13-5-14-26-39/h3-32,34,36H,33,35H2,1-2H3/q+1. The first-order valence-corrected chi connectivity index (χ1v) is 19.0. The Labute approximate surface area is 287 Å². The number of hydrogen-bond acceptors (Lipinski definition) is 0. The molecule has 0 spiro atoms. The monoisotopic (exact) mass is 637 g/mol. The molecule has 48 heavy (non-hydrogen) atoms. The summed E-state index contributed by atoms with van der Waals surface area (Å²) in [5.41, 5.74) is 10.4. The second-order valence-electron chi connectivity index (χ2n) is 13.0. The largest absolute Gasteiger partial charge is 0.113 e. The zero-order chi connectivity index (χ0) is 32.8. The maximum atomic E-state index is 2.63. The van der Waals surface area contributed by atoms with Crippen LogP contribution in [-0.4, -0.2) is 6.16 Å². The Morgan fingerprint density at radius 3 is 1.23 bits per heavy atom. The van der Waals surface area contributed by atoms with Crippen molar-refractivity contribution >= 4 is 23.2 Å². The van der Waals surface area contributed by atoms with Crippen molar-refractivity contribution in [2.75, 3.05) is 6.16 Å². The lowest BCUT2D eigenvalue weighted by atomic mass is 9.83. The van der Waals surface area contributed by atoms with E-state index in [4.69, 9.17) is 0 Å². The Kier molecular flexibility index (Phi) is 9.46. The van der Waals surface area contributed by atoms with E-state index < -0.39 is 7.26 Å². The minimum absolute atomic E-state index is 0.480. The summed E-state index contributed by atoms with van der Waals surface area (Å²) in [6.45, 7) is 4.79. The molecular formula is C47H42P+. The van der Waals surface area contributed by atoms with Crippen molar-refractivity contribution in [2.45, 2.75) is 20.3 Å². The molecule has 0 aliphatic carbocycles. The Balaban J connectivity index is 1.73. The van der Waals surface area contributed by atoms with Crippen molar-refractivity contribution < 1.29 is 0 Å². The molecule has 0 fully saturated rings. The van der Waals surface area contributed by atoms with Crippen LogP contribution in [0.5, 0.6) is 0 Å². The highest BCUT2D eigenvalue weighted by Gasteiger charge is 2.48. The van der Waals surface area contributed by atoms with Gasteiger partial charge in [-0.3, -0.25) is 0 Å². The quantitative estimate of drug-likeness (QED) is 0.131. The van der Waals surface area contributed by atoms with Gasteiger partial charge in [0, 0.05) is 11.1 Å². The van der Waals surface area contributed by atoms with Crippen LogP contribution < -0.4 is 15.9 Å². The van der Waals surface area contributed by atoms with E-state index in [0.29, 0.717) is 5.92 Å². The van der Waals surface area contributed by atoms with Gasteiger partial charge < -0.3 is 0 Å². The average Bonchev–Trinajstić information content (AvgIpc) is 3.15. The Bertz CT molecular complexity index is 2010. The van der Waals surface area contributed by atoms with Crippen LogP contribution in [0.25, 0.3) is 33.4 Å². The van der Waals surface area contributed by atoms with Gasteiger partial charge in [-0.05, 0) is 76.1 Å². The van der Waals surface area contributed by atoms with Crippen LogP contribution in [-0.2, 0) is 6.42 Å². The van der Waals surface area contributed by atoms with Gasteiger partial charge in [0.2, 0.25) is 0 Å². The summed E-state index contributed by atoms with van der Waals surface area (Å²) in [6.07, 6.45) is 1.92. The van der Waals surface area contributed by atoms with Crippen molar-refractivity contribution in [2.24, 2.45) is 5.92 Å². The molecule has 0 heterocycles. The third-order valence-electron chi connectivity index (χ3n) is 9.26. The summed E-state index contributed by atoms with van der Waals surface area (Å²) in [7, 11) is -2.20. The third-order valence-corrected chi connectivity index (χ3v) is 14.1. The fourth-order valence-corrected chi connectivity index (χ4v) is 12.3. The highest BCUT2D eigenvalue weighted by Crippen LogP contribution is 2.60. The molecule has 0 unspecified atom stereocenters. The molecule has 1 heteroatoms. The van der Waals surface area contributed by atoms with Crippen LogP contribution in [0.15, 0.2) is 188 Å². The highest BCUT2D eigenvalue weighted by molar-refractivity contribution is 7.96. The molecular weight excluding hydrogens is 595 g/mol. The van der Waals surface area contributed by atoms with Crippen molar-refractivity contribution in [1.29, 1.82) is 0 Å². The predicted octanol–water partition coefficient (Wildman–Crippen LogP) is 11.2. The summed E-state index contributed by atoms with van der Waals surface area (Å²) in [5, 5.41) is 4.32. The molecule has 7 aromatic carbocycles. The fourth-order valence-electron chi connectivity index (χ4n) is 7.35. The SMILES string of the molecule is CC(C)C[P+](c1ccccc1)(c1ccccc1)c1cc(Cc2ccccc2)c(-c2ccccc2)c(-c2ccccc2)c1-c1ccccc1. The summed E-state index contributed by atoms with van der Waals surface area (Å²) < 4.78 is 0. The minimum atomic E-state index is -2.20. The molecule has 234 valence electrons. The van der Waals surface area contributed by atoms with Crippen molar-refractivity contribution in [3.8, 4) is 33.4 Å². The van der Waals surface area contributed by atoms with Gasteiger partial charge in [0.15, 0.2) is 0 Å². The van der Waals surface area contributed by atoms with Gasteiger partial charge >= 0.3 is 0 Å². The first kappa shape index (κ1) is 31.6. The highest BCUT2D eigenvalue weighted by atomic mass is 31.2. The van der Waals surface area contributed by atoms with Crippen LogP contribution in [0.3, 0.4) is 0 Å². The van der Waals surface area contributed by atoms with Crippen molar-refractivity contribution in [3.05, 3.63) is 199 Å². The molecule has 0 aliphatic heterocycles. The molecule has 0 radical (unpaired) electrons. The number of rotatable bonds is 10. The van der Waals surface area contributed by atoms with E-state index in [-0.39, 0.29) is 0 Å². The molecule has 0 aromatic heterocycles. The second kappa shape index (κ2) is 14.4. The fraction of sp³-hybridized carbons (Fsp3) is 0.106. The molecule has 0 saturated heterocycles. The molecule has 0 nitrogen and oxygen atoms in total. The van der Waals surface area contributed by atoms with Gasteiger partial charge in [0.1, 0.15) is 23.2 Å². The third kappa shape index (κ3) is 6.29. The zero-order valence-corrected chi connectivity index (χ0v) is 28.7. The first-order chi connectivity index (χ1) is 23.6. The molecule has 0 N–H and O–H groups in total. The van der Waals surface area contributed by atoms with Crippen LogP contribution in [0.2, 0.25) is 0 Å². The topological polar surface area (TPSA) is 0 Å². The summed E-state index contributed by atoms with van der Waals surface area (Å²) in [5.74, 6) is 0.480. The van der Waals surface area contributed by atoms with Crippen LogP contribution >= 0.6 is 7.26 Å². The summed E-state index contributed by atoms with van der Waals surface area (Å²) in [4.78, 5) is 0. The van der Waals surface area contributed by atoms with Gasteiger partial charge in [-0.25, -0.2) is 0 Å². The van der Waals surface area contributed by atoms with E-state index in [2.05, 4.69) is 202 Å². The Morgan fingerprint density at radius 1 is 0.417 bits per heavy atom. The lowest BCUT2D eigenvalue weighted by molar-refractivity contribution is 0.745. The molecule has 0 amide bonds. The lowest BCUT2D eigenvalue weighted by Gasteiger charge is -2.33. The van der Waals surface area contributed by atoms with Gasteiger partial charge in [-0.2, -0.15) is 0 Å². The lowest BCUT2D eigenvalue weighted by Crippen LogP contribution is -2.36. The van der Waals surface area contributed by atoms with Gasteiger partial charge in [0.25, 0.3) is 0 Å². The molecule has 0 atom stereocenters. The smallest absolute Gasteiger partial charge is 0.0622 e. The average molecular weight is 638 g/mol. The van der Waals surface area contributed by atoms with Crippen LogP contribution in [0.1, 0.15) is 25.0 Å². The molecule has 0 saturated carbocycles. The van der Waals surface area contributed by atoms with Gasteiger partial charge in [0.05, 0.1) is 6.16 Å². The number of hydrogen-bond donors (Lipinski definition) is 0. The van der Waals surface area contributed by atoms with E-state index in [1.165, 1.54) is 60.4 Å². The van der Waals surface area contributed by atoms with E-state index in [9.17, 15) is 0 Å². The maximum Gasteiger partial charge on any atom is 0.113 e.